The summed E-state index contributed by atoms with van der Waals surface area (Å²) in [7, 11) is 0. The van der Waals surface area contributed by atoms with Crippen molar-refractivity contribution >= 4 is 46.7 Å². The number of alkyl halides is 2. The van der Waals surface area contributed by atoms with Crippen molar-refractivity contribution in [1.29, 1.82) is 0 Å². The maximum atomic E-state index is 11.5. The predicted molar refractivity (Wildman–Crippen MR) is 77.5 cm³/mol. The van der Waals surface area contributed by atoms with E-state index in [1.54, 1.807) is 25.1 Å². The number of esters is 2. The molecule has 0 heterocycles. The molecule has 0 saturated carbocycles. The summed E-state index contributed by atoms with van der Waals surface area (Å²) < 4.78 is 9.78. The molecule has 0 aliphatic heterocycles. The second kappa shape index (κ2) is 8.35. The van der Waals surface area contributed by atoms with Crippen LogP contribution >= 0.6 is 34.8 Å². The van der Waals surface area contributed by atoms with Gasteiger partial charge in [-0.1, -0.05) is 11.6 Å². The number of ether oxygens (including phenoxy) is 2. The molecular weight excluding hydrogens is 326 g/mol. The number of carbonyl (C=O) groups is 2. The minimum absolute atomic E-state index is 0.0876. The molecule has 0 unspecified atom stereocenters. The summed E-state index contributed by atoms with van der Waals surface area (Å²) in [6.45, 7) is 1.69. The van der Waals surface area contributed by atoms with Gasteiger partial charge in [0, 0.05) is 5.02 Å². The quantitative estimate of drug-likeness (QED) is 0.451. The van der Waals surface area contributed by atoms with Crippen molar-refractivity contribution in [2.24, 2.45) is 0 Å². The van der Waals surface area contributed by atoms with Crippen molar-refractivity contribution in [3.8, 4) is 5.75 Å². The molecule has 7 heteroatoms. The van der Waals surface area contributed by atoms with Crippen LogP contribution in [-0.2, 0) is 14.3 Å². The van der Waals surface area contributed by atoms with Crippen LogP contribution in [0.2, 0.25) is 5.02 Å². The second-order valence-electron chi connectivity index (χ2n) is 3.96. The van der Waals surface area contributed by atoms with Gasteiger partial charge in [-0.15, -0.1) is 23.2 Å². The average Bonchev–Trinajstić information content (AvgIpc) is 2.38. The molecule has 0 aliphatic rings. The zero-order chi connectivity index (χ0) is 15.1. The molecule has 4 nitrogen and oxygen atoms in total. The number of hydrogen-bond acceptors (Lipinski definition) is 4. The Labute approximate surface area is 131 Å². The van der Waals surface area contributed by atoms with Crippen molar-refractivity contribution in [2.45, 2.75) is 24.6 Å². The van der Waals surface area contributed by atoms with Crippen molar-refractivity contribution in [1.82, 2.24) is 0 Å². The highest BCUT2D eigenvalue weighted by Crippen LogP contribution is 2.21. The molecule has 0 fully saturated rings. The Morgan fingerprint density at radius 1 is 1.20 bits per heavy atom. The first kappa shape index (κ1) is 17.1. The molecular formula is C13H13Cl3O4. The number of carbonyl (C=O) groups excluding carboxylic acids is 2. The lowest BCUT2D eigenvalue weighted by Crippen LogP contribution is -2.14. The molecule has 0 amide bonds. The lowest BCUT2D eigenvalue weighted by atomic mass is 10.2. The molecule has 0 saturated heterocycles. The van der Waals surface area contributed by atoms with Crippen molar-refractivity contribution < 1.29 is 19.1 Å². The van der Waals surface area contributed by atoms with Gasteiger partial charge in [0.15, 0.2) is 0 Å². The number of rotatable bonds is 6. The van der Waals surface area contributed by atoms with Crippen LogP contribution in [0.5, 0.6) is 5.75 Å². The van der Waals surface area contributed by atoms with E-state index in [-0.39, 0.29) is 19.4 Å². The lowest BCUT2D eigenvalue weighted by Gasteiger charge is -2.07. The largest absolute Gasteiger partial charge is 0.463 e. The van der Waals surface area contributed by atoms with Gasteiger partial charge in [0.05, 0.1) is 12.8 Å². The van der Waals surface area contributed by atoms with Gasteiger partial charge in [-0.25, -0.2) is 0 Å². The van der Waals surface area contributed by atoms with Crippen molar-refractivity contribution in [2.75, 3.05) is 6.61 Å². The van der Waals surface area contributed by atoms with E-state index in [1.165, 1.54) is 0 Å². The van der Waals surface area contributed by atoms with Gasteiger partial charge in [0.1, 0.15) is 17.2 Å². The van der Waals surface area contributed by atoms with Crippen LogP contribution in [-0.4, -0.2) is 23.4 Å². The maximum Gasteiger partial charge on any atom is 0.311 e. The predicted octanol–water partition coefficient (Wildman–Crippen LogP) is 3.68. The fraction of sp³-hybridized carbons (Fsp3) is 0.385. The lowest BCUT2D eigenvalue weighted by molar-refractivity contribution is -0.146. The molecule has 0 atom stereocenters. The summed E-state index contributed by atoms with van der Waals surface area (Å²) in [4.78, 5) is 22.0. The molecule has 0 aromatic heterocycles. The van der Waals surface area contributed by atoms with E-state index in [1.807, 2.05) is 0 Å². The minimum atomic E-state index is -0.775. The molecule has 0 radical (unpaired) electrons. The second-order valence-corrected chi connectivity index (χ2v) is 5.64. The highest BCUT2D eigenvalue weighted by molar-refractivity contribution is 6.44. The Morgan fingerprint density at radius 2 is 1.85 bits per heavy atom. The van der Waals surface area contributed by atoms with Crippen LogP contribution < -0.4 is 4.74 Å². The van der Waals surface area contributed by atoms with Gasteiger partial charge in [-0.05, 0) is 30.7 Å². The summed E-state index contributed by atoms with van der Waals surface area (Å²) in [5.41, 5.74) is 0.798. The fourth-order valence-electron chi connectivity index (χ4n) is 1.30. The van der Waals surface area contributed by atoms with Crippen LogP contribution in [0.25, 0.3) is 0 Å². The molecule has 0 aliphatic carbocycles. The van der Waals surface area contributed by atoms with Gasteiger partial charge >= 0.3 is 11.9 Å². The Bertz CT molecular complexity index is 489. The topological polar surface area (TPSA) is 52.6 Å². The summed E-state index contributed by atoms with van der Waals surface area (Å²) in [5, 5.41) is 0.588. The smallest absolute Gasteiger partial charge is 0.311 e. The van der Waals surface area contributed by atoms with Gasteiger partial charge in [-0.3, -0.25) is 9.59 Å². The molecule has 20 heavy (non-hydrogen) atoms. The Morgan fingerprint density at radius 3 is 2.45 bits per heavy atom. The van der Waals surface area contributed by atoms with E-state index in [0.29, 0.717) is 10.8 Å². The van der Waals surface area contributed by atoms with Crippen molar-refractivity contribution in [3.05, 3.63) is 28.8 Å². The molecule has 0 N–H and O–H groups in total. The van der Waals surface area contributed by atoms with Gasteiger partial charge < -0.3 is 9.47 Å². The zero-order valence-electron chi connectivity index (χ0n) is 10.7. The maximum absolute atomic E-state index is 11.5. The van der Waals surface area contributed by atoms with E-state index < -0.39 is 16.8 Å². The standard InChI is InChI=1S/C13H13Cl3O4/c1-8-6-9(2-3-10(8)14)20-13(18)5-4-12(17)19-7-11(15)16/h2-3,6,11H,4-5,7H2,1H3. The van der Waals surface area contributed by atoms with E-state index in [2.05, 4.69) is 0 Å². The third-order valence-corrected chi connectivity index (χ3v) is 2.94. The fourth-order valence-corrected chi connectivity index (χ4v) is 1.54. The summed E-state index contributed by atoms with van der Waals surface area (Å²) in [6, 6.07) is 4.86. The first-order valence-corrected chi connectivity index (χ1v) is 7.04. The van der Waals surface area contributed by atoms with Gasteiger partial charge in [-0.2, -0.15) is 0 Å². The molecule has 1 aromatic carbocycles. The highest BCUT2D eigenvalue weighted by Gasteiger charge is 2.11. The third-order valence-electron chi connectivity index (χ3n) is 2.26. The monoisotopic (exact) mass is 338 g/mol. The van der Waals surface area contributed by atoms with E-state index in [9.17, 15) is 9.59 Å². The zero-order valence-corrected chi connectivity index (χ0v) is 13.0. The Kier molecular flexibility index (Phi) is 7.13. The summed E-state index contributed by atoms with van der Waals surface area (Å²) in [6.07, 6.45) is -0.179. The Balaban J connectivity index is 2.36. The van der Waals surface area contributed by atoms with Crippen LogP contribution in [0.1, 0.15) is 18.4 Å². The SMILES string of the molecule is Cc1cc(OC(=O)CCC(=O)OCC(Cl)Cl)ccc1Cl. The molecule has 1 aromatic rings. The third kappa shape index (κ3) is 6.46. The first-order chi connectivity index (χ1) is 9.38. The summed E-state index contributed by atoms with van der Waals surface area (Å²) in [5.74, 6) is -0.704. The molecule has 0 bridgehead atoms. The van der Waals surface area contributed by atoms with Crippen molar-refractivity contribution in [3.63, 3.8) is 0 Å². The molecule has 1 rings (SSSR count). The Hall–Kier alpha value is -0.970. The van der Waals surface area contributed by atoms with Crippen LogP contribution in [0.4, 0.5) is 0 Å². The molecule has 0 spiro atoms. The minimum Gasteiger partial charge on any atom is -0.463 e. The van der Waals surface area contributed by atoms with E-state index >= 15 is 0 Å². The number of hydrogen-bond donors (Lipinski definition) is 0. The molecule has 110 valence electrons. The van der Waals surface area contributed by atoms with Gasteiger partial charge in [0.2, 0.25) is 0 Å². The van der Waals surface area contributed by atoms with Crippen LogP contribution in [0.3, 0.4) is 0 Å². The number of aryl methyl sites for hydroxylation is 1. The van der Waals surface area contributed by atoms with Gasteiger partial charge in [0.25, 0.3) is 0 Å². The average molecular weight is 340 g/mol. The number of halogens is 3. The van der Waals surface area contributed by atoms with Crippen LogP contribution in [0, 0.1) is 6.92 Å². The first-order valence-electron chi connectivity index (χ1n) is 5.79. The normalized spacial score (nSPS) is 10.4. The van der Waals surface area contributed by atoms with E-state index in [0.717, 1.165) is 5.56 Å². The summed E-state index contributed by atoms with van der Waals surface area (Å²) >= 11 is 16.7. The highest BCUT2D eigenvalue weighted by atomic mass is 35.5. The van der Waals surface area contributed by atoms with E-state index in [4.69, 9.17) is 44.3 Å². The van der Waals surface area contributed by atoms with Crippen LogP contribution in [0.15, 0.2) is 18.2 Å². The number of benzene rings is 1.